The van der Waals surface area contributed by atoms with Gasteiger partial charge in [0.25, 0.3) is 0 Å². The molecule has 0 spiro atoms. The fourth-order valence-electron chi connectivity index (χ4n) is 0.0417. The van der Waals surface area contributed by atoms with Crippen LogP contribution in [0.2, 0.25) is 0 Å². The number of urea groups is 1. The van der Waals surface area contributed by atoms with Crippen molar-refractivity contribution in [2.45, 2.75) is 0 Å². The summed E-state index contributed by atoms with van der Waals surface area (Å²) < 4.78 is 0. The summed E-state index contributed by atoms with van der Waals surface area (Å²) in [6.45, 7) is 0. The van der Waals surface area contributed by atoms with Gasteiger partial charge in [-0.15, -0.1) is 0 Å². The Labute approximate surface area is 42.9 Å². The zero-order valence-electron chi connectivity index (χ0n) is 3.64. The van der Waals surface area contributed by atoms with E-state index >= 15 is 0 Å². The highest BCUT2D eigenvalue weighted by atomic mass is 16.2. The summed E-state index contributed by atoms with van der Waals surface area (Å²) >= 11 is 0. The van der Waals surface area contributed by atoms with Crippen molar-refractivity contribution in [3.05, 3.63) is 0 Å². The number of hydrazine groups is 2. The van der Waals surface area contributed by atoms with Crippen LogP contribution in [0.5, 0.6) is 0 Å². The lowest BCUT2D eigenvalue weighted by molar-refractivity contribution is 0.241. The summed E-state index contributed by atoms with van der Waals surface area (Å²) in [5, 5.41) is 0. The lowest BCUT2D eigenvalue weighted by Crippen LogP contribution is -2.43. The van der Waals surface area contributed by atoms with Crippen LogP contribution in [0, 0.1) is 0 Å². The molecule has 5 nitrogen and oxygen atoms in total. The van der Waals surface area contributed by atoms with Gasteiger partial charge in [-0.25, -0.2) is 16.5 Å². The van der Waals surface area contributed by atoms with Crippen molar-refractivity contribution in [3.63, 3.8) is 0 Å². The molecule has 0 aromatic rings. The first kappa shape index (κ1) is 9.54. The number of nitrogens with two attached hydrogens (primary N) is 2. The van der Waals surface area contributed by atoms with Gasteiger partial charge in [-0.2, -0.15) is 0 Å². The average molecular weight is 101 g/mol. The Morgan fingerprint density at radius 2 is 1.57 bits per heavy atom. The lowest BCUT2D eigenvalue weighted by atomic mass is 10.8. The Hall–Kier alpha value is -0.745. The van der Waals surface area contributed by atoms with Crippen molar-refractivity contribution in [2.24, 2.45) is 11.7 Å². The SMILES string of the molecule is NNC(=O)NN.[B]. The second-order valence-electron chi connectivity index (χ2n) is 0.618. The number of carbonyl (C=O) groups is 1. The molecule has 0 aliphatic heterocycles. The van der Waals surface area contributed by atoms with Gasteiger partial charge in [-0.05, 0) is 0 Å². The highest BCUT2D eigenvalue weighted by Crippen LogP contribution is 1.42. The Kier molecular flexibility index (Phi) is 7.16. The van der Waals surface area contributed by atoms with Gasteiger partial charge in [-0.1, -0.05) is 0 Å². The van der Waals surface area contributed by atoms with E-state index in [2.05, 4.69) is 11.7 Å². The number of carbonyl (C=O) groups excluding carboxylic acids is 1. The maximum absolute atomic E-state index is 9.71. The van der Waals surface area contributed by atoms with Crippen LogP contribution in [0.25, 0.3) is 0 Å². The van der Waals surface area contributed by atoms with Crippen LogP contribution in [-0.2, 0) is 0 Å². The predicted molar refractivity (Wildman–Crippen MR) is 25.8 cm³/mol. The fourth-order valence-corrected chi connectivity index (χ4v) is 0.0417. The van der Waals surface area contributed by atoms with Gasteiger partial charge in [0, 0.05) is 8.41 Å². The van der Waals surface area contributed by atoms with Gasteiger partial charge >= 0.3 is 6.03 Å². The molecule has 0 saturated carbocycles. The van der Waals surface area contributed by atoms with Crippen LogP contribution in [0.1, 0.15) is 0 Å². The molecule has 39 valence electrons. The Bertz CT molecular complexity index is 49.7. The largest absolute Gasteiger partial charge is 0.343 e. The second-order valence-corrected chi connectivity index (χ2v) is 0.618. The topological polar surface area (TPSA) is 93.2 Å². The standard InChI is InChI=1S/CH6N4O.B/c2-4-1(6)5-3;/h2-3H2,(H2,4,5,6);. The van der Waals surface area contributed by atoms with Crippen molar-refractivity contribution in [1.82, 2.24) is 10.9 Å². The second kappa shape index (κ2) is 5.25. The minimum absolute atomic E-state index is 0. The van der Waals surface area contributed by atoms with Crippen molar-refractivity contribution in [2.75, 3.05) is 0 Å². The van der Waals surface area contributed by atoms with Crippen LogP contribution < -0.4 is 22.5 Å². The van der Waals surface area contributed by atoms with Crippen molar-refractivity contribution < 1.29 is 4.79 Å². The van der Waals surface area contributed by atoms with Crippen molar-refractivity contribution in [3.8, 4) is 0 Å². The van der Waals surface area contributed by atoms with E-state index in [1.807, 2.05) is 0 Å². The summed E-state index contributed by atoms with van der Waals surface area (Å²) in [4.78, 5) is 9.71. The lowest BCUT2D eigenvalue weighted by Gasteiger charge is -1.90. The molecule has 0 fully saturated rings. The smallest absolute Gasteiger partial charge is 0.275 e. The first-order valence-corrected chi connectivity index (χ1v) is 1.28. The Morgan fingerprint density at radius 3 is 1.57 bits per heavy atom. The number of rotatable bonds is 0. The molecule has 0 aromatic heterocycles. The molecule has 0 heterocycles. The molecule has 0 aromatic carbocycles. The molecular formula is CH6BN4O. The molecule has 3 radical (unpaired) electrons. The highest BCUT2D eigenvalue weighted by molar-refractivity contribution is 5.75. The van der Waals surface area contributed by atoms with Gasteiger partial charge in [0.15, 0.2) is 0 Å². The molecule has 7 heavy (non-hydrogen) atoms. The van der Waals surface area contributed by atoms with E-state index in [0.717, 1.165) is 0 Å². The van der Waals surface area contributed by atoms with Crippen molar-refractivity contribution in [1.29, 1.82) is 0 Å². The highest BCUT2D eigenvalue weighted by Gasteiger charge is 1.82. The zero-order chi connectivity index (χ0) is 4.99. The third-order valence-electron chi connectivity index (χ3n) is 0.262. The van der Waals surface area contributed by atoms with E-state index in [9.17, 15) is 4.79 Å². The number of hydrogen-bond acceptors (Lipinski definition) is 3. The molecule has 0 aliphatic carbocycles. The minimum atomic E-state index is -0.602. The average Bonchev–Trinajstić information content (AvgIpc) is 1.65. The fraction of sp³-hybridized carbons (Fsp3) is 0. The van der Waals surface area contributed by atoms with Crippen LogP contribution in [0.4, 0.5) is 4.79 Å². The summed E-state index contributed by atoms with van der Waals surface area (Å²) in [5.41, 5.74) is 3.48. The molecule has 0 atom stereocenters. The van der Waals surface area contributed by atoms with E-state index in [1.165, 1.54) is 0 Å². The van der Waals surface area contributed by atoms with Gasteiger partial charge in [0.2, 0.25) is 0 Å². The number of nitrogens with one attached hydrogen (secondary N) is 2. The summed E-state index contributed by atoms with van der Waals surface area (Å²) in [6.07, 6.45) is 0. The molecule has 2 amide bonds. The molecular weight excluding hydrogens is 94.9 g/mol. The quantitative estimate of drug-likeness (QED) is 0.119. The van der Waals surface area contributed by atoms with Crippen LogP contribution in [0.15, 0.2) is 0 Å². The molecule has 6 heteroatoms. The minimum Gasteiger partial charge on any atom is -0.275 e. The number of hydrogen-bond donors (Lipinski definition) is 4. The number of amides is 2. The molecule has 0 unspecified atom stereocenters. The molecule has 6 N–H and O–H groups in total. The van der Waals surface area contributed by atoms with Crippen LogP contribution in [0.3, 0.4) is 0 Å². The zero-order valence-corrected chi connectivity index (χ0v) is 3.64. The summed E-state index contributed by atoms with van der Waals surface area (Å²) in [6, 6.07) is -0.602. The Morgan fingerprint density at radius 1 is 1.29 bits per heavy atom. The first-order valence-electron chi connectivity index (χ1n) is 1.28. The third-order valence-corrected chi connectivity index (χ3v) is 0.262. The maximum atomic E-state index is 9.71. The maximum Gasteiger partial charge on any atom is 0.343 e. The van der Waals surface area contributed by atoms with Crippen LogP contribution in [-0.4, -0.2) is 14.4 Å². The van der Waals surface area contributed by atoms with Gasteiger partial charge in [0.05, 0.1) is 0 Å². The molecule has 0 saturated heterocycles. The van der Waals surface area contributed by atoms with E-state index in [-0.39, 0.29) is 8.41 Å². The van der Waals surface area contributed by atoms with Crippen molar-refractivity contribution >= 4 is 14.4 Å². The monoisotopic (exact) mass is 101 g/mol. The van der Waals surface area contributed by atoms with Gasteiger partial charge < -0.3 is 0 Å². The molecule has 0 rings (SSSR count). The molecule has 0 bridgehead atoms. The first-order chi connectivity index (χ1) is 2.81. The predicted octanol–water partition coefficient (Wildman–Crippen LogP) is -2.35. The molecule has 0 aliphatic rings. The van der Waals surface area contributed by atoms with Gasteiger partial charge in [-0.3, -0.25) is 10.9 Å². The van der Waals surface area contributed by atoms with Gasteiger partial charge in [0.1, 0.15) is 0 Å². The third kappa shape index (κ3) is 5.25. The summed E-state index contributed by atoms with van der Waals surface area (Å²) in [5.74, 6) is 9.08. The van der Waals surface area contributed by atoms with E-state index < -0.39 is 6.03 Å². The normalized spacial score (nSPS) is 6.00. The van der Waals surface area contributed by atoms with E-state index in [1.54, 1.807) is 10.9 Å². The van der Waals surface area contributed by atoms with Crippen LogP contribution >= 0.6 is 0 Å². The van der Waals surface area contributed by atoms with E-state index in [0.29, 0.717) is 0 Å². The Balaban J connectivity index is 0. The van der Waals surface area contributed by atoms with E-state index in [4.69, 9.17) is 0 Å². The summed E-state index contributed by atoms with van der Waals surface area (Å²) in [7, 11) is 0.